The van der Waals surface area contributed by atoms with Crippen molar-refractivity contribution in [2.24, 2.45) is 17.8 Å². The van der Waals surface area contributed by atoms with Gasteiger partial charge in [-0.2, -0.15) is 0 Å². The molecule has 0 spiro atoms. The summed E-state index contributed by atoms with van der Waals surface area (Å²) in [6.45, 7) is 3.74. The van der Waals surface area contributed by atoms with Gasteiger partial charge in [-0.3, -0.25) is 0 Å². The smallest absolute Gasteiger partial charge is 0.338 e. The average molecular weight is 282 g/mol. The van der Waals surface area contributed by atoms with Gasteiger partial charge in [0.1, 0.15) is 5.60 Å². The van der Waals surface area contributed by atoms with Crippen molar-refractivity contribution in [2.45, 2.75) is 44.1 Å². The Hall–Kier alpha value is -1.57. The molecule has 4 fully saturated rings. The first-order chi connectivity index (χ1) is 10.2. The van der Waals surface area contributed by atoms with E-state index < -0.39 is 0 Å². The molecule has 110 valence electrons. The molecule has 0 N–H and O–H groups in total. The summed E-state index contributed by atoms with van der Waals surface area (Å²) in [4.78, 5) is 12.5. The highest BCUT2D eigenvalue weighted by atomic mass is 16.6. The molecule has 0 saturated heterocycles. The number of carbonyl (C=O) groups excluding carboxylic acids is 1. The molecule has 21 heavy (non-hydrogen) atoms. The minimum absolute atomic E-state index is 0.146. The second kappa shape index (κ2) is 4.72. The van der Waals surface area contributed by atoms with Crippen molar-refractivity contribution >= 4 is 12.0 Å². The number of benzene rings is 1. The number of hydrogen-bond acceptors (Lipinski definition) is 2. The summed E-state index contributed by atoms with van der Waals surface area (Å²) in [6.07, 6.45) is 9.16. The number of ether oxygens (including phenoxy) is 1. The van der Waals surface area contributed by atoms with E-state index in [1.807, 2.05) is 24.3 Å². The van der Waals surface area contributed by atoms with Gasteiger partial charge in [0.05, 0.1) is 5.56 Å². The quantitative estimate of drug-likeness (QED) is 0.765. The van der Waals surface area contributed by atoms with E-state index in [2.05, 4.69) is 6.58 Å². The van der Waals surface area contributed by atoms with Crippen molar-refractivity contribution in [3.05, 3.63) is 42.0 Å². The second-order valence-electron chi connectivity index (χ2n) is 7.32. The largest absolute Gasteiger partial charge is 0.455 e. The number of rotatable bonds is 3. The first-order valence-corrected chi connectivity index (χ1v) is 8.12. The predicted octanol–water partition coefficient (Wildman–Crippen LogP) is 4.46. The van der Waals surface area contributed by atoms with Gasteiger partial charge in [0.15, 0.2) is 0 Å². The highest BCUT2D eigenvalue weighted by Crippen LogP contribution is 2.57. The van der Waals surface area contributed by atoms with Gasteiger partial charge >= 0.3 is 5.97 Å². The highest BCUT2D eigenvalue weighted by molar-refractivity contribution is 5.90. The summed E-state index contributed by atoms with van der Waals surface area (Å²) in [6, 6.07) is 7.53. The average Bonchev–Trinajstić information content (AvgIpc) is 2.45. The van der Waals surface area contributed by atoms with Gasteiger partial charge in [0.25, 0.3) is 0 Å². The maximum atomic E-state index is 12.5. The molecule has 5 rings (SSSR count). The van der Waals surface area contributed by atoms with Crippen LogP contribution in [-0.4, -0.2) is 11.6 Å². The molecule has 4 saturated carbocycles. The van der Waals surface area contributed by atoms with Crippen LogP contribution in [0.4, 0.5) is 0 Å². The van der Waals surface area contributed by atoms with E-state index >= 15 is 0 Å². The molecule has 0 atom stereocenters. The van der Waals surface area contributed by atoms with Crippen LogP contribution in [0, 0.1) is 17.8 Å². The lowest BCUT2D eigenvalue weighted by Crippen LogP contribution is -2.52. The molecular formula is C19H22O2. The van der Waals surface area contributed by atoms with Crippen LogP contribution in [-0.2, 0) is 4.74 Å². The second-order valence-corrected chi connectivity index (χ2v) is 7.32. The van der Waals surface area contributed by atoms with Crippen molar-refractivity contribution in [2.75, 3.05) is 0 Å². The SMILES string of the molecule is C=Cc1ccc(C(=O)OC23CC4CC(CC(C4)C2)C3)cc1. The third-order valence-corrected chi connectivity index (χ3v) is 5.67. The van der Waals surface area contributed by atoms with E-state index in [0.717, 1.165) is 42.6 Å². The monoisotopic (exact) mass is 282 g/mol. The van der Waals surface area contributed by atoms with E-state index in [-0.39, 0.29) is 11.6 Å². The Morgan fingerprint density at radius 2 is 1.57 bits per heavy atom. The van der Waals surface area contributed by atoms with Crippen molar-refractivity contribution < 1.29 is 9.53 Å². The molecule has 2 heteroatoms. The Kier molecular flexibility index (Phi) is 2.95. The molecule has 0 aliphatic heterocycles. The van der Waals surface area contributed by atoms with Gasteiger partial charge in [-0.1, -0.05) is 24.8 Å². The molecule has 1 aromatic rings. The molecule has 0 aromatic heterocycles. The topological polar surface area (TPSA) is 26.3 Å². The summed E-state index contributed by atoms with van der Waals surface area (Å²) in [5, 5.41) is 0. The summed E-state index contributed by atoms with van der Waals surface area (Å²) in [5.74, 6) is 2.25. The molecule has 0 amide bonds. The van der Waals surface area contributed by atoms with Crippen molar-refractivity contribution in [3.8, 4) is 0 Å². The predicted molar refractivity (Wildman–Crippen MR) is 82.9 cm³/mol. The zero-order valence-corrected chi connectivity index (χ0v) is 12.4. The zero-order valence-electron chi connectivity index (χ0n) is 12.4. The fourth-order valence-corrected chi connectivity index (χ4v) is 5.17. The van der Waals surface area contributed by atoms with Crippen LogP contribution in [0.1, 0.15) is 54.4 Å². The Balaban J connectivity index is 1.52. The molecule has 4 bridgehead atoms. The van der Waals surface area contributed by atoms with E-state index in [4.69, 9.17) is 4.74 Å². The van der Waals surface area contributed by atoms with Gasteiger partial charge in [0, 0.05) is 0 Å². The Morgan fingerprint density at radius 3 is 2.05 bits per heavy atom. The molecular weight excluding hydrogens is 260 g/mol. The highest BCUT2D eigenvalue weighted by Gasteiger charge is 2.53. The Labute approximate surface area is 126 Å². The summed E-state index contributed by atoms with van der Waals surface area (Å²) in [5.41, 5.74) is 1.54. The first-order valence-electron chi connectivity index (χ1n) is 8.12. The third kappa shape index (κ3) is 2.31. The lowest BCUT2D eigenvalue weighted by atomic mass is 9.54. The standard InChI is InChI=1S/C19H22O2/c1-2-13-3-5-17(6-4-13)18(20)21-19-10-14-7-15(11-19)9-16(8-14)12-19/h2-6,14-16H,1,7-12H2. The molecule has 0 unspecified atom stereocenters. The lowest BCUT2D eigenvalue weighted by Gasteiger charge is -2.55. The first kappa shape index (κ1) is 13.1. The van der Waals surface area contributed by atoms with Crippen LogP contribution in [0.2, 0.25) is 0 Å². The van der Waals surface area contributed by atoms with Crippen LogP contribution in [0.25, 0.3) is 6.08 Å². The molecule has 2 nitrogen and oxygen atoms in total. The minimum Gasteiger partial charge on any atom is -0.455 e. The van der Waals surface area contributed by atoms with E-state index in [0.29, 0.717) is 5.56 Å². The number of hydrogen-bond donors (Lipinski definition) is 0. The molecule has 0 radical (unpaired) electrons. The van der Waals surface area contributed by atoms with Crippen molar-refractivity contribution in [1.29, 1.82) is 0 Å². The molecule has 0 heterocycles. The summed E-state index contributed by atoms with van der Waals surface area (Å²) in [7, 11) is 0. The van der Waals surface area contributed by atoms with Crippen molar-refractivity contribution in [1.82, 2.24) is 0 Å². The van der Waals surface area contributed by atoms with Gasteiger partial charge in [-0.05, 0) is 74.0 Å². The number of esters is 1. The van der Waals surface area contributed by atoms with Gasteiger partial charge in [-0.15, -0.1) is 0 Å². The van der Waals surface area contributed by atoms with Gasteiger partial charge in [0.2, 0.25) is 0 Å². The van der Waals surface area contributed by atoms with Crippen LogP contribution in [0.5, 0.6) is 0 Å². The molecule has 1 aromatic carbocycles. The maximum Gasteiger partial charge on any atom is 0.338 e. The van der Waals surface area contributed by atoms with Crippen LogP contribution >= 0.6 is 0 Å². The van der Waals surface area contributed by atoms with E-state index in [1.165, 1.54) is 19.3 Å². The summed E-state index contributed by atoms with van der Waals surface area (Å²) >= 11 is 0. The van der Waals surface area contributed by atoms with Crippen LogP contribution in [0.15, 0.2) is 30.8 Å². The van der Waals surface area contributed by atoms with Gasteiger partial charge < -0.3 is 4.74 Å². The van der Waals surface area contributed by atoms with E-state index in [1.54, 1.807) is 6.08 Å². The van der Waals surface area contributed by atoms with Gasteiger partial charge in [-0.25, -0.2) is 4.79 Å². The molecule has 4 aliphatic rings. The zero-order chi connectivity index (χ0) is 14.4. The van der Waals surface area contributed by atoms with Crippen LogP contribution in [0.3, 0.4) is 0 Å². The normalized spacial score (nSPS) is 36.5. The van der Waals surface area contributed by atoms with Crippen LogP contribution < -0.4 is 0 Å². The third-order valence-electron chi connectivity index (χ3n) is 5.67. The lowest BCUT2D eigenvalue weighted by molar-refractivity contribution is -0.131. The van der Waals surface area contributed by atoms with Crippen molar-refractivity contribution in [3.63, 3.8) is 0 Å². The maximum absolute atomic E-state index is 12.5. The van der Waals surface area contributed by atoms with E-state index in [9.17, 15) is 4.79 Å². The minimum atomic E-state index is -0.150. The summed E-state index contributed by atoms with van der Waals surface area (Å²) < 4.78 is 6.05. The Morgan fingerprint density at radius 1 is 1.05 bits per heavy atom. The fourth-order valence-electron chi connectivity index (χ4n) is 5.17. The fraction of sp³-hybridized carbons (Fsp3) is 0.526. The molecule has 4 aliphatic carbocycles. The Bertz CT molecular complexity index is 534. The number of carbonyl (C=O) groups is 1.